The molecule has 0 aliphatic carbocycles. The molecule has 0 fully saturated rings. The zero-order chi connectivity index (χ0) is 16.5. The lowest BCUT2D eigenvalue weighted by Gasteiger charge is -2.17. The van der Waals surface area contributed by atoms with Crippen LogP contribution < -0.4 is 10.6 Å². The fraction of sp³-hybridized carbons (Fsp3) is 0.611. The first kappa shape index (κ1) is 18.5. The second kappa shape index (κ2) is 9.46. The Morgan fingerprint density at radius 1 is 1.14 bits per heavy atom. The van der Waals surface area contributed by atoms with Crippen molar-refractivity contribution in [2.45, 2.75) is 52.5 Å². The lowest BCUT2D eigenvalue weighted by Crippen LogP contribution is -2.43. The minimum atomic E-state index is -0.143. The molecule has 0 heterocycles. The van der Waals surface area contributed by atoms with E-state index in [-0.39, 0.29) is 24.6 Å². The van der Waals surface area contributed by atoms with Gasteiger partial charge in [0.2, 0.25) is 0 Å². The Kier molecular flexibility index (Phi) is 7.96. The van der Waals surface area contributed by atoms with Gasteiger partial charge in [-0.25, -0.2) is 4.79 Å². The smallest absolute Gasteiger partial charge is 0.315 e. The van der Waals surface area contributed by atoms with Crippen molar-refractivity contribution in [3.8, 4) is 0 Å². The molecular weight excluding hydrogens is 276 g/mol. The third-order valence-corrected chi connectivity index (χ3v) is 3.80. The highest BCUT2D eigenvalue weighted by molar-refractivity contribution is 5.74. The first-order chi connectivity index (χ1) is 10.4. The summed E-state index contributed by atoms with van der Waals surface area (Å²) in [6, 6.07) is 8.52. The molecular formula is C18H30N2O2. The van der Waals surface area contributed by atoms with Gasteiger partial charge in [-0.1, -0.05) is 45.0 Å². The predicted molar refractivity (Wildman–Crippen MR) is 91.1 cm³/mol. The summed E-state index contributed by atoms with van der Waals surface area (Å²) in [7, 11) is 0. The maximum atomic E-state index is 11.8. The van der Waals surface area contributed by atoms with Gasteiger partial charge < -0.3 is 15.7 Å². The molecule has 1 aromatic rings. The molecule has 22 heavy (non-hydrogen) atoms. The van der Waals surface area contributed by atoms with E-state index in [1.807, 2.05) is 13.8 Å². The molecule has 2 amide bonds. The highest BCUT2D eigenvalue weighted by Gasteiger charge is 2.09. The summed E-state index contributed by atoms with van der Waals surface area (Å²) in [5.41, 5.74) is 2.56. The van der Waals surface area contributed by atoms with Crippen LogP contribution >= 0.6 is 0 Å². The summed E-state index contributed by atoms with van der Waals surface area (Å²) in [5.74, 6) is 0.825. The van der Waals surface area contributed by atoms with Crippen LogP contribution in [0.4, 0.5) is 4.79 Å². The quantitative estimate of drug-likeness (QED) is 0.691. The molecule has 2 unspecified atom stereocenters. The molecule has 0 bridgehead atoms. The second-order valence-electron chi connectivity index (χ2n) is 6.47. The van der Waals surface area contributed by atoms with Crippen LogP contribution in [0.3, 0.4) is 0 Å². The molecule has 4 nitrogen and oxygen atoms in total. The SMILES string of the molecule is CC(CCO)CNC(=O)NC(C)Cc1ccc(C(C)C)cc1. The van der Waals surface area contributed by atoms with E-state index in [1.54, 1.807) is 0 Å². The molecule has 0 spiro atoms. The Labute approximate surface area is 134 Å². The van der Waals surface area contributed by atoms with Crippen LogP contribution in [-0.4, -0.2) is 30.3 Å². The normalized spacial score (nSPS) is 13.7. The van der Waals surface area contributed by atoms with Crippen LogP contribution in [0, 0.1) is 5.92 Å². The molecule has 3 N–H and O–H groups in total. The van der Waals surface area contributed by atoms with Gasteiger partial charge in [-0.05, 0) is 42.7 Å². The van der Waals surface area contributed by atoms with E-state index in [2.05, 4.69) is 48.7 Å². The fourth-order valence-corrected chi connectivity index (χ4v) is 2.31. The van der Waals surface area contributed by atoms with E-state index in [0.29, 0.717) is 18.9 Å². The number of hydrogen-bond acceptors (Lipinski definition) is 2. The zero-order valence-corrected chi connectivity index (χ0v) is 14.2. The van der Waals surface area contributed by atoms with E-state index in [9.17, 15) is 4.79 Å². The summed E-state index contributed by atoms with van der Waals surface area (Å²) in [6.45, 7) is 9.13. The van der Waals surface area contributed by atoms with Gasteiger partial charge in [0.1, 0.15) is 0 Å². The molecule has 4 heteroatoms. The number of aliphatic hydroxyl groups is 1. The molecule has 0 aromatic heterocycles. The highest BCUT2D eigenvalue weighted by atomic mass is 16.3. The Balaban J connectivity index is 2.35. The number of carbonyl (C=O) groups excluding carboxylic acids is 1. The first-order valence-corrected chi connectivity index (χ1v) is 8.16. The van der Waals surface area contributed by atoms with Crippen molar-refractivity contribution in [2.75, 3.05) is 13.2 Å². The summed E-state index contributed by atoms with van der Waals surface area (Å²) < 4.78 is 0. The number of hydrogen-bond donors (Lipinski definition) is 3. The van der Waals surface area contributed by atoms with Crippen molar-refractivity contribution in [3.63, 3.8) is 0 Å². The molecule has 1 aromatic carbocycles. The van der Waals surface area contributed by atoms with Crippen molar-refractivity contribution < 1.29 is 9.90 Å². The van der Waals surface area contributed by atoms with Gasteiger partial charge in [0.25, 0.3) is 0 Å². The summed E-state index contributed by atoms with van der Waals surface area (Å²) in [5, 5.41) is 14.6. The van der Waals surface area contributed by atoms with Gasteiger partial charge in [0.05, 0.1) is 0 Å². The maximum Gasteiger partial charge on any atom is 0.315 e. The summed E-state index contributed by atoms with van der Waals surface area (Å²) in [4.78, 5) is 11.8. The number of urea groups is 1. The largest absolute Gasteiger partial charge is 0.396 e. The minimum absolute atomic E-state index is 0.0815. The standard InChI is InChI=1S/C18H30N2O2/c1-13(2)17-7-5-16(6-8-17)11-15(4)20-18(22)19-12-14(3)9-10-21/h5-8,13-15,21H,9-12H2,1-4H3,(H2,19,20,22). The van der Waals surface area contributed by atoms with Gasteiger partial charge in [-0.3, -0.25) is 0 Å². The lowest BCUT2D eigenvalue weighted by molar-refractivity contribution is 0.231. The zero-order valence-electron chi connectivity index (χ0n) is 14.2. The van der Waals surface area contributed by atoms with Gasteiger partial charge >= 0.3 is 6.03 Å². The predicted octanol–water partition coefficient (Wildman–Crippen LogP) is 3.06. The van der Waals surface area contributed by atoms with Crippen LogP contribution in [-0.2, 0) is 6.42 Å². The van der Waals surface area contributed by atoms with Crippen molar-refractivity contribution in [1.29, 1.82) is 0 Å². The topological polar surface area (TPSA) is 61.4 Å². The molecule has 1 rings (SSSR count). The average Bonchev–Trinajstić information content (AvgIpc) is 2.46. The van der Waals surface area contributed by atoms with Crippen LogP contribution in [0.25, 0.3) is 0 Å². The van der Waals surface area contributed by atoms with Crippen molar-refractivity contribution in [3.05, 3.63) is 35.4 Å². The van der Waals surface area contributed by atoms with Gasteiger partial charge in [-0.2, -0.15) is 0 Å². The van der Waals surface area contributed by atoms with Crippen LogP contribution in [0.1, 0.15) is 51.2 Å². The van der Waals surface area contributed by atoms with Crippen LogP contribution in [0.15, 0.2) is 24.3 Å². The van der Waals surface area contributed by atoms with Crippen molar-refractivity contribution in [1.82, 2.24) is 10.6 Å². The highest BCUT2D eigenvalue weighted by Crippen LogP contribution is 2.15. The molecule has 0 saturated carbocycles. The number of nitrogens with one attached hydrogen (secondary N) is 2. The molecule has 0 saturated heterocycles. The molecule has 0 aliphatic rings. The van der Waals surface area contributed by atoms with Gasteiger partial charge in [-0.15, -0.1) is 0 Å². The Hall–Kier alpha value is -1.55. The van der Waals surface area contributed by atoms with Gasteiger partial charge in [0.15, 0.2) is 0 Å². The van der Waals surface area contributed by atoms with E-state index in [4.69, 9.17) is 5.11 Å². The minimum Gasteiger partial charge on any atom is -0.396 e. The molecule has 0 aliphatic heterocycles. The third-order valence-electron chi connectivity index (χ3n) is 3.80. The van der Waals surface area contributed by atoms with Crippen LogP contribution in [0.2, 0.25) is 0 Å². The first-order valence-electron chi connectivity index (χ1n) is 8.16. The van der Waals surface area contributed by atoms with Crippen molar-refractivity contribution >= 4 is 6.03 Å². The van der Waals surface area contributed by atoms with E-state index >= 15 is 0 Å². The summed E-state index contributed by atoms with van der Waals surface area (Å²) >= 11 is 0. The number of aliphatic hydroxyl groups excluding tert-OH is 1. The number of rotatable bonds is 8. The van der Waals surface area contributed by atoms with E-state index in [1.165, 1.54) is 11.1 Å². The monoisotopic (exact) mass is 306 g/mol. The molecule has 2 atom stereocenters. The Morgan fingerprint density at radius 3 is 2.32 bits per heavy atom. The van der Waals surface area contributed by atoms with Gasteiger partial charge in [0, 0.05) is 19.2 Å². The Morgan fingerprint density at radius 2 is 1.77 bits per heavy atom. The second-order valence-corrected chi connectivity index (χ2v) is 6.47. The fourth-order valence-electron chi connectivity index (χ4n) is 2.31. The van der Waals surface area contributed by atoms with E-state index in [0.717, 1.165) is 6.42 Å². The third kappa shape index (κ3) is 6.94. The molecule has 0 radical (unpaired) electrons. The van der Waals surface area contributed by atoms with Crippen molar-refractivity contribution in [2.24, 2.45) is 5.92 Å². The lowest BCUT2D eigenvalue weighted by atomic mass is 9.99. The average molecular weight is 306 g/mol. The van der Waals surface area contributed by atoms with E-state index < -0.39 is 0 Å². The number of benzene rings is 1. The summed E-state index contributed by atoms with van der Waals surface area (Å²) in [6.07, 6.45) is 1.52. The number of carbonyl (C=O) groups is 1. The van der Waals surface area contributed by atoms with Crippen LogP contribution in [0.5, 0.6) is 0 Å². The maximum absolute atomic E-state index is 11.8. The Bertz CT molecular complexity index is 443. The number of amides is 2. The molecule has 124 valence electrons.